The van der Waals surface area contributed by atoms with E-state index < -0.39 is 35.0 Å². The lowest BCUT2D eigenvalue weighted by Gasteiger charge is -2.52. The van der Waals surface area contributed by atoms with Crippen molar-refractivity contribution in [1.29, 1.82) is 0 Å². The van der Waals surface area contributed by atoms with E-state index in [-0.39, 0.29) is 35.6 Å². The van der Waals surface area contributed by atoms with Crippen LogP contribution in [0.15, 0.2) is 23.3 Å². The number of Topliss-reactive ketones (excluding diaryl/α,β-unsaturated/α-hetero) is 1. The molecule has 2 bridgehead atoms. The quantitative estimate of drug-likeness (QED) is 0.387. The van der Waals surface area contributed by atoms with E-state index >= 15 is 0 Å². The Kier molecular flexibility index (Phi) is 6.78. The predicted molar refractivity (Wildman–Crippen MR) is 162 cm³/mol. The molecule has 6 aliphatic rings. The summed E-state index contributed by atoms with van der Waals surface area (Å²) >= 11 is 0. The molecule has 2 saturated carbocycles. The molecule has 4 fully saturated rings. The lowest BCUT2D eigenvalue weighted by molar-refractivity contribution is -0.302. The van der Waals surface area contributed by atoms with Gasteiger partial charge in [-0.05, 0) is 94.1 Å². The summed E-state index contributed by atoms with van der Waals surface area (Å²) in [6, 6.07) is 0. The Balaban J connectivity index is 1.29. The molecule has 1 aromatic heterocycles. The third-order valence-corrected chi connectivity index (χ3v) is 12.3. The molecule has 2 unspecified atom stereocenters. The van der Waals surface area contributed by atoms with Gasteiger partial charge in [0.2, 0.25) is 0 Å². The summed E-state index contributed by atoms with van der Waals surface area (Å²) in [4.78, 5) is 29.1. The highest BCUT2D eigenvalue weighted by molar-refractivity contribution is 5.96. The summed E-state index contributed by atoms with van der Waals surface area (Å²) in [7, 11) is 0. The van der Waals surface area contributed by atoms with Crippen molar-refractivity contribution in [3.05, 3.63) is 40.2 Å². The fraction of sp³-hybridized carbons (Fsp3) is 0.743. The molecule has 240 valence electrons. The average Bonchev–Trinajstić information content (AvgIpc) is 3.30. The van der Waals surface area contributed by atoms with Crippen LogP contribution in [-0.2, 0) is 30.3 Å². The zero-order valence-electron chi connectivity index (χ0n) is 27.4. The largest absolute Gasteiger partial charge is 0.451 e. The molecule has 0 radical (unpaired) electrons. The van der Waals surface area contributed by atoms with E-state index in [0.717, 1.165) is 43.7 Å². The number of aryl methyl sites for hydroxylation is 1. The number of hydrogen-bond acceptors (Lipinski definition) is 8. The Morgan fingerprint density at radius 1 is 1.16 bits per heavy atom. The number of hydrogen-bond donors (Lipinski definition) is 1. The van der Waals surface area contributed by atoms with Crippen molar-refractivity contribution in [2.45, 2.75) is 105 Å². The molecule has 9 heteroatoms. The lowest BCUT2D eigenvalue weighted by Crippen LogP contribution is -2.68. The monoisotopic (exact) mass is 608 g/mol. The van der Waals surface area contributed by atoms with E-state index in [0.29, 0.717) is 35.2 Å². The number of ether oxygens (including phenoxy) is 4. The van der Waals surface area contributed by atoms with Crippen molar-refractivity contribution in [1.82, 2.24) is 9.78 Å². The molecule has 9 nitrogen and oxygen atoms in total. The van der Waals surface area contributed by atoms with Gasteiger partial charge in [0, 0.05) is 25.7 Å². The Hall–Kier alpha value is -2.33. The van der Waals surface area contributed by atoms with E-state index in [1.54, 1.807) is 0 Å². The standard InChI is InChI=1S/C35H48N2O7/c1-18-15-34-19(2)13-25-27(32(25,5)6)24(28(34)38)14-23-17-42-33(7,8)44-30(23)35(34,40)29(18)43-31(39)26-20(3)36-37(21(26)4)16-22-9-11-41-12-10-22/h14-15,19,22,24-25,27,29-30,40H,9-13,16-17H2,1-8H3/t19?,24-,25+,27-,29-,30+,34?,35+/m0/s1. The molecule has 1 spiro atoms. The second-order valence-electron chi connectivity index (χ2n) is 15.6. The topological polar surface area (TPSA) is 109 Å². The van der Waals surface area contributed by atoms with Gasteiger partial charge in [-0.3, -0.25) is 9.48 Å². The molecule has 2 saturated heterocycles. The number of fused-ring (bicyclic) bond motifs is 5. The number of carbonyl (C=O) groups excluding carboxylic acids is 2. The third-order valence-electron chi connectivity index (χ3n) is 12.3. The van der Waals surface area contributed by atoms with Gasteiger partial charge in [-0.25, -0.2) is 4.79 Å². The molecule has 8 atom stereocenters. The molecule has 7 rings (SSSR count). The minimum atomic E-state index is -1.84. The molecular formula is C35H48N2O7. The minimum Gasteiger partial charge on any atom is -0.451 e. The van der Waals surface area contributed by atoms with Crippen LogP contribution in [0.1, 0.15) is 82.6 Å². The number of aromatic nitrogens is 2. The number of nitrogens with zero attached hydrogens (tertiary/aromatic N) is 2. The SMILES string of the molecule is CC1=CC23C(=O)[C@@H](C=C4COC(C)(C)O[C@H]4[C@]2(O)[C@H]1OC(=O)c1c(C)nn(CC2CCOCC2)c1C)[C@H]1[C@@H](CC3C)C1(C)C. The van der Waals surface area contributed by atoms with Gasteiger partial charge in [-0.2, -0.15) is 5.10 Å². The number of aliphatic hydroxyl groups is 1. The highest BCUT2D eigenvalue weighted by Gasteiger charge is 2.77. The second-order valence-corrected chi connectivity index (χ2v) is 15.6. The van der Waals surface area contributed by atoms with Gasteiger partial charge in [0.15, 0.2) is 23.3 Å². The zero-order chi connectivity index (χ0) is 31.6. The number of carbonyl (C=O) groups is 2. The average molecular weight is 609 g/mol. The first-order chi connectivity index (χ1) is 20.6. The maximum atomic E-state index is 14.9. The van der Waals surface area contributed by atoms with E-state index in [1.807, 2.05) is 51.5 Å². The van der Waals surface area contributed by atoms with E-state index in [4.69, 9.17) is 24.0 Å². The van der Waals surface area contributed by atoms with Gasteiger partial charge < -0.3 is 24.1 Å². The summed E-state index contributed by atoms with van der Waals surface area (Å²) in [5.41, 5.74) is 0.0864. The Bertz CT molecular complexity index is 1470. The highest BCUT2D eigenvalue weighted by Crippen LogP contribution is 2.72. The van der Waals surface area contributed by atoms with Crippen LogP contribution in [0.4, 0.5) is 0 Å². The smallest absolute Gasteiger partial charge is 0.342 e. The number of ketones is 1. The Labute approximate surface area is 260 Å². The number of esters is 1. The Morgan fingerprint density at radius 3 is 2.57 bits per heavy atom. The molecule has 1 aromatic rings. The van der Waals surface area contributed by atoms with Gasteiger partial charge in [0.25, 0.3) is 0 Å². The van der Waals surface area contributed by atoms with Gasteiger partial charge in [0.1, 0.15) is 11.7 Å². The highest BCUT2D eigenvalue weighted by atomic mass is 16.7. The maximum Gasteiger partial charge on any atom is 0.342 e. The summed E-state index contributed by atoms with van der Waals surface area (Å²) in [6.45, 7) is 18.2. The van der Waals surface area contributed by atoms with Gasteiger partial charge >= 0.3 is 5.97 Å². The zero-order valence-corrected chi connectivity index (χ0v) is 27.4. The summed E-state index contributed by atoms with van der Waals surface area (Å²) in [5.74, 6) is -1.11. The van der Waals surface area contributed by atoms with Crippen molar-refractivity contribution in [2.24, 2.45) is 40.4 Å². The van der Waals surface area contributed by atoms with Gasteiger partial charge in [0.05, 0.1) is 23.4 Å². The summed E-state index contributed by atoms with van der Waals surface area (Å²) in [6.07, 6.45) is 4.72. The normalized spacial score (nSPS) is 40.5. The molecular weight excluding hydrogens is 560 g/mol. The van der Waals surface area contributed by atoms with Crippen molar-refractivity contribution < 1.29 is 33.6 Å². The second kappa shape index (κ2) is 9.84. The number of rotatable bonds is 4. The Morgan fingerprint density at radius 2 is 1.86 bits per heavy atom. The molecule has 2 aliphatic heterocycles. The fourth-order valence-electron chi connectivity index (χ4n) is 9.81. The van der Waals surface area contributed by atoms with Crippen LogP contribution in [0.2, 0.25) is 0 Å². The van der Waals surface area contributed by atoms with Gasteiger partial charge in [-0.15, -0.1) is 0 Å². The molecule has 0 aromatic carbocycles. The molecule has 3 heterocycles. The first-order valence-electron chi connectivity index (χ1n) is 16.4. The minimum absolute atomic E-state index is 0.00317. The van der Waals surface area contributed by atoms with E-state index in [2.05, 4.69) is 20.8 Å². The van der Waals surface area contributed by atoms with Gasteiger partial charge in [-0.1, -0.05) is 32.9 Å². The van der Waals surface area contributed by atoms with Crippen molar-refractivity contribution in [3.63, 3.8) is 0 Å². The molecule has 4 aliphatic carbocycles. The third kappa shape index (κ3) is 4.07. The maximum absolute atomic E-state index is 14.9. The first-order valence-corrected chi connectivity index (χ1v) is 16.4. The van der Waals surface area contributed by atoms with Crippen LogP contribution in [0, 0.1) is 54.3 Å². The first kappa shape index (κ1) is 30.3. The van der Waals surface area contributed by atoms with E-state index in [9.17, 15) is 14.7 Å². The van der Waals surface area contributed by atoms with Crippen LogP contribution >= 0.6 is 0 Å². The predicted octanol–water partition coefficient (Wildman–Crippen LogP) is 4.72. The molecule has 0 amide bonds. The van der Waals surface area contributed by atoms with Crippen molar-refractivity contribution in [2.75, 3.05) is 19.8 Å². The number of allylic oxidation sites excluding steroid dienone is 1. The lowest BCUT2D eigenvalue weighted by atomic mass is 9.59. The van der Waals surface area contributed by atoms with Crippen LogP contribution in [0.25, 0.3) is 0 Å². The van der Waals surface area contributed by atoms with Crippen molar-refractivity contribution >= 4 is 11.8 Å². The van der Waals surface area contributed by atoms with Crippen LogP contribution in [0.5, 0.6) is 0 Å². The van der Waals surface area contributed by atoms with Crippen LogP contribution < -0.4 is 0 Å². The van der Waals surface area contributed by atoms with Crippen LogP contribution in [-0.4, -0.2) is 70.1 Å². The molecule has 1 N–H and O–H groups in total. The summed E-state index contributed by atoms with van der Waals surface area (Å²) in [5, 5.41) is 18.0. The van der Waals surface area contributed by atoms with Crippen LogP contribution in [0.3, 0.4) is 0 Å². The van der Waals surface area contributed by atoms with E-state index in [1.165, 1.54) is 0 Å². The fourth-order valence-corrected chi connectivity index (χ4v) is 9.81. The molecule has 44 heavy (non-hydrogen) atoms. The summed E-state index contributed by atoms with van der Waals surface area (Å²) < 4.78 is 26.5. The van der Waals surface area contributed by atoms with Crippen molar-refractivity contribution in [3.8, 4) is 0 Å².